The average molecular weight is 336 g/mol. The minimum absolute atomic E-state index is 0.00672. The molecule has 0 radical (unpaired) electrons. The van der Waals surface area contributed by atoms with Crippen LogP contribution in [0.25, 0.3) is 0 Å². The lowest BCUT2D eigenvalue weighted by molar-refractivity contribution is 0.102. The Kier molecular flexibility index (Phi) is 4.03. The summed E-state index contributed by atoms with van der Waals surface area (Å²) < 4.78 is 22.5. The molecule has 0 saturated heterocycles. The molecule has 0 unspecified atom stereocenters. The van der Waals surface area contributed by atoms with E-state index in [9.17, 15) is 13.2 Å². The summed E-state index contributed by atoms with van der Waals surface area (Å²) in [6, 6.07) is 7.22. The van der Waals surface area contributed by atoms with Gasteiger partial charge in [0.05, 0.1) is 5.56 Å². The molecule has 1 aromatic heterocycles. The first-order chi connectivity index (χ1) is 10.4. The molecule has 1 aliphatic rings. The second-order valence-electron chi connectivity index (χ2n) is 5.30. The van der Waals surface area contributed by atoms with Gasteiger partial charge in [-0.1, -0.05) is 12.1 Å². The van der Waals surface area contributed by atoms with Crippen molar-refractivity contribution in [2.45, 2.75) is 29.9 Å². The number of nitrogens with one attached hydrogen (secondary N) is 1. The molecule has 0 bridgehead atoms. The van der Waals surface area contributed by atoms with Crippen LogP contribution >= 0.6 is 11.3 Å². The van der Waals surface area contributed by atoms with E-state index in [1.165, 1.54) is 29.0 Å². The van der Waals surface area contributed by atoms with E-state index >= 15 is 0 Å². The second kappa shape index (κ2) is 5.83. The molecule has 1 aliphatic carbocycles. The van der Waals surface area contributed by atoms with Gasteiger partial charge >= 0.3 is 0 Å². The lowest BCUT2D eigenvalue weighted by atomic mass is 9.90. The van der Waals surface area contributed by atoms with Crippen LogP contribution in [0.4, 0.5) is 5.69 Å². The number of sulfonamides is 1. The van der Waals surface area contributed by atoms with Crippen LogP contribution in [0, 0.1) is 0 Å². The van der Waals surface area contributed by atoms with Crippen molar-refractivity contribution < 1.29 is 13.2 Å². The maximum atomic E-state index is 12.3. The Morgan fingerprint density at radius 2 is 2.00 bits per heavy atom. The van der Waals surface area contributed by atoms with E-state index < -0.39 is 10.0 Å². The number of fused-ring (bicyclic) bond motifs is 1. The quantitative estimate of drug-likeness (QED) is 0.902. The first-order valence-corrected chi connectivity index (χ1v) is 9.41. The average Bonchev–Trinajstić information content (AvgIpc) is 2.98. The fourth-order valence-corrected chi connectivity index (χ4v) is 4.26. The largest absolute Gasteiger partial charge is 0.322 e. The highest BCUT2D eigenvalue weighted by molar-refractivity contribution is 7.91. The molecule has 0 atom stereocenters. The van der Waals surface area contributed by atoms with Gasteiger partial charge in [-0.2, -0.15) is 0 Å². The summed E-state index contributed by atoms with van der Waals surface area (Å²) in [6.07, 6.45) is 4.28. The number of anilines is 1. The molecule has 7 heteroatoms. The number of aryl methyl sites for hydroxylation is 1. The van der Waals surface area contributed by atoms with Gasteiger partial charge in [-0.15, -0.1) is 11.3 Å². The molecule has 1 amide bonds. The number of carbonyl (C=O) groups excluding carboxylic acids is 1. The van der Waals surface area contributed by atoms with Crippen LogP contribution in [-0.2, 0) is 22.9 Å². The van der Waals surface area contributed by atoms with Crippen LogP contribution in [0.2, 0.25) is 0 Å². The van der Waals surface area contributed by atoms with E-state index in [2.05, 4.69) is 11.4 Å². The predicted octanol–water partition coefficient (Wildman–Crippen LogP) is 2.53. The molecule has 3 rings (SSSR count). The molecule has 0 saturated carbocycles. The third kappa shape index (κ3) is 3.06. The Bertz CT molecular complexity index is 825. The number of carbonyl (C=O) groups is 1. The maximum Gasteiger partial charge on any atom is 0.256 e. The molecule has 0 aliphatic heterocycles. The zero-order valence-corrected chi connectivity index (χ0v) is 13.5. The number of nitrogens with two attached hydrogens (primary N) is 1. The topological polar surface area (TPSA) is 89.3 Å². The van der Waals surface area contributed by atoms with Crippen LogP contribution in [0.3, 0.4) is 0 Å². The van der Waals surface area contributed by atoms with Crippen molar-refractivity contribution in [1.82, 2.24) is 0 Å². The Labute approximate surface area is 133 Å². The maximum absolute atomic E-state index is 12.3. The Balaban J connectivity index is 1.85. The number of rotatable bonds is 3. The summed E-state index contributed by atoms with van der Waals surface area (Å²) in [4.78, 5) is 12.3. The smallest absolute Gasteiger partial charge is 0.256 e. The van der Waals surface area contributed by atoms with Crippen LogP contribution in [0.1, 0.15) is 34.3 Å². The van der Waals surface area contributed by atoms with Crippen molar-refractivity contribution in [1.29, 1.82) is 0 Å². The summed E-state index contributed by atoms with van der Waals surface area (Å²) in [7, 11) is -3.76. The first-order valence-electron chi connectivity index (χ1n) is 6.98. The van der Waals surface area contributed by atoms with Crippen molar-refractivity contribution in [3.8, 4) is 0 Å². The first kappa shape index (κ1) is 15.2. The van der Waals surface area contributed by atoms with E-state index in [4.69, 9.17) is 5.14 Å². The van der Waals surface area contributed by atoms with E-state index in [0.717, 1.165) is 36.3 Å². The van der Waals surface area contributed by atoms with Crippen LogP contribution in [-0.4, -0.2) is 14.3 Å². The van der Waals surface area contributed by atoms with Crippen molar-refractivity contribution in [3.63, 3.8) is 0 Å². The van der Waals surface area contributed by atoms with Gasteiger partial charge in [0.25, 0.3) is 5.91 Å². The Morgan fingerprint density at radius 1 is 1.23 bits per heavy atom. The molecule has 116 valence electrons. The number of hydrogen-bond donors (Lipinski definition) is 2. The molecule has 22 heavy (non-hydrogen) atoms. The predicted molar refractivity (Wildman–Crippen MR) is 86.7 cm³/mol. The van der Waals surface area contributed by atoms with Crippen molar-refractivity contribution in [2.75, 3.05) is 5.32 Å². The standard InChI is InChI=1S/C15H16N2O3S2/c16-22(19,20)14-8-11(9-21-14)15(18)17-13-7-3-5-10-4-1-2-6-12(10)13/h3,5,7-9H,1-2,4,6H2,(H,17,18)(H2,16,19,20). The van der Waals surface area contributed by atoms with Gasteiger partial charge in [-0.05, 0) is 48.9 Å². The van der Waals surface area contributed by atoms with Crippen LogP contribution < -0.4 is 10.5 Å². The highest BCUT2D eigenvalue weighted by Gasteiger charge is 2.18. The zero-order valence-electron chi connectivity index (χ0n) is 11.8. The summed E-state index contributed by atoms with van der Waals surface area (Å²) in [5.74, 6) is -0.315. The summed E-state index contributed by atoms with van der Waals surface area (Å²) in [5, 5.41) is 9.45. The number of amides is 1. The van der Waals surface area contributed by atoms with Gasteiger partial charge in [-0.25, -0.2) is 13.6 Å². The van der Waals surface area contributed by atoms with Crippen LogP contribution in [0.5, 0.6) is 0 Å². The van der Waals surface area contributed by atoms with Gasteiger partial charge in [0.2, 0.25) is 10.0 Å². The van der Waals surface area contributed by atoms with Crippen molar-refractivity contribution in [2.24, 2.45) is 5.14 Å². The van der Waals surface area contributed by atoms with Crippen LogP contribution in [0.15, 0.2) is 33.9 Å². The van der Waals surface area contributed by atoms with E-state index in [-0.39, 0.29) is 10.1 Å². The summed E-state index contributed by atoms with van der Waals surface area (Å²) in [6.45, 7) is 0. The Morgan fingerprint density at radius 3 is 2.73 bits per heavy atom. The molecule has 2 aromatic rings. The molecule has 1 heterocycles. The second-order valence-corrected chi connectivity index (χ2v) is 8.00. The summed E-state index contributed by atoms with van der Waals surface area (Å²) in [5.41, 5.74) is 3.58. The molecule has 0 fully saturated rings. The lowest BCUT2D eigenvalue weighted by Crippen LogP contribution is -2.15. The SMILES string of the molecule is NS(=O)(=O)c1cc(C(=O)Nc2cccc3c2CCCC3)cs1. The number of primary sulfonamides is 1. The van der Waals surface area contributed by atoms with E-state index in [1.54, 1.807) is 0 Å². The molecule has 1 aromatic carbocycles. The van der Waals surface area contributed by atoms with Crippen molar-refractivity contribution in [3.05, 3.63) is 46.3 Å². The highest BCUT2D eigenvalue weighted by Crippen LogP contribution is 2.28. The van der Waals surface area contributed by atoms with E-state index in [1.807, 2.05) is 12.1 Å². The molecule has 3 N–H and O–H groups in total. The van der Waals surface area contributed by atoms with Gasteiger partial charge < -0.3 is 5.32 Å². The third-order valence-corrected chi connectivity index (χ3v) is 6.15. The number of hydrogen-bond acceptors (Lipinski definition) is 4. The minimum Gasteiger partial charge on any atom is -0.322 e. The Hall–Kier alpha value is -1.70. The monoisotopic (exact) mass is 336 g/mol. The number of thiophene rings is 1. The fraction of sp³-hybridized carbons (Fsp3) is 0.267. The molecule has 0 spiro atoms. The highest BCUT2D eigenvalue weighted by atomic mass is 32.2. The van der Waals surface area contributed by atoms with Gasteiger partial charge in [-0.3, -0.25) is 4.79 Å². The van der Waals surface area contributed by atoms with Crippen molar-refractivity contribution >= 4 is 33.0 Å². The normalized spacial score (nSPS) is 14.4. The number of benzene rings is 1. The molecule has 5 nitrogen and oxygen atoms in total. The third-order valence-electron chi connectivity index (χ3n) is 3.76. The zero-order chi connectivity index (χ0) is 15.7. The fourth-order valence-electron chi connectivity index (χ4n) is 2.68. The lowest BCUT2D eigenvalue weighted by Gasteiger charge is -2.19. The summed E-state index contributed by atoms with van der Waals surface area (Å²) >= 11 is 0.950. The molecular formula is C15H16N2O3S2. The van der Waals surface area contributed by atoms with Gasteiger partial charge in [0.1, 0.15) is 4.21 Å². The minimum atomic E-state index is -3.76. The molecular weight excluding hydrogens is 320 g/mol. The van der Waals surface area contributed by atoms with Gasteiger partial charge in [0.15, 0.2) is 0 Å². The van der Waals surface area contributed by atoms with E-state index in [0.29, 0.717) is 5.56 Å². The van der Waals surface area contributed by atoms with Gasteiger partial charge in [0, 0.05) is 11.1 Å².